The summed E-state index contributed by atoms with van der Waals surface area (Å²) in [6.07, 6.45) is 2.96. The van der Waals surface area contributed by atoms with E-state index in [1.54, 1.807) is 25.1 Å². The van der Waals surface area contributed by atoms with Gasteiger partial charge in [-0.25, -0.2) is 8.42 Å². The monoisotopic (exact) mass is 512 g/mol. The van der Waals surface area contributed by atoms with Gasteiger partial charge in [-0.1, -0.05) is 12.1 Å². The molecular formula is C25H24N2O8S. The van der Waals surface area contributed by atoms with Gasteiger partial charge in [-0.15, -0.1) is 0 Å². The minimum absolute atomic E-state index is 0.200. The van der Waals surface area contributed by atoms with Crippen molar-refractivity contribution in [1.29, 1.82) is 0 Å². The number of nitro benzene ring substituents is 1. The molecule has 0 fully saturated rings. The highest BCUT2D eigenvalue weighted by molar-refractivity contribution is 7.92. The van der Waals surface area contributed by atoms with Gasteiger partial charge in [-0.3, -0.25) is 19.6 Å². The molecule has 10 nitrogen and oxygen atoms in total. The number of nitrogens with one attached hydrogen (secondary N) is 1. The van der Waals surface area contributed by atoms with Gasteiger partial charge in [0, 0.05) is 23.4 Å². The van der Waals surface area contributed by atoms with E-state index < -0.39 is 14.9 Å². The number of ether oxygens (including phenoxy) is 3. The Balaban J connectivity index is 1.78. The molecule has 0 aromatic heterocycles. The molecule has 0 amide bonds. The topological polar surface area (TPSA) is 134 Å². The van der Waals surface area contributed by atoms with E-state index in [9.17, 15) is 23.3 Å². The lowest BCUT2D eigenvalue weighted by molar-refractivity contribution is -0.385. The average molecular weight is 513 g/mol. The van der Waals surface area contributed by atoms with Crippen LogP contribution < -0.4 is 18.9 Å². The highest BCUT2D eigenvalue weighted by Crippen LogP contribution is 2.38. The molecule has 0 radical (unpaired) electrons. The van der Waals surface area contributed by atoms with Gasteiger partial charge >= 0.3 is 0 Å². The summed E-state index contributed by atoms with van der Waals surface area (Å²) in [5.74, 6) is 1.01. The Morgan fingerprint density at radius 2 is 1.56 bits per heavy atom. The molecule has 11 heteroatoms. The molecule has 0 aliphatic carbocycles. The maximum atomic E-state index is 12.8. The molecule has 3 aromatic rings. The number of carbonyl (C=O) groups excluding carboxylic acids is 1. The Bertz CT molecular complexity index is 1410. The first-order valence-electron chi connectivity index (χ1n) is 10.5. The highest BCUT2D eigenvalue weighted by atomic mass is 32.2. The third-order valence-corrected chi connectivity index (χ3v) is 6.73. The van der Waals surface area contributed by atoms with Crippen molar-refractivity contribution in [3.63, 3.8) is 0 Å². The first kappa shape index (κ1) is 26.2. The van der Waals surface area contributed by atoms with Crippen LogP contribution in [0.15, 0.2) is 65.6 Å². The Kier molecular flexibility index (Phi) is 7.95. The number of anilines is 1. The summed E-state index contributed by atoms with van der Waals surface area (Å²) in [6.45, 7) is 1.54. The van der Waals surface area contributed by atoms with Crippen LogP contribution in [-0.2, 0) is 10.0 Å². The van der Waals surface area contributed by atoms with Crippen LogP contribution in [-0.4, -0.2) is 40.5 Å². The summed E-state index contributed by atoms with van der Waals surface area (Å²) in [6, 6.07) is 12.8. The summed E-state index contributed by atoms with van der Waals surface area (Å²) >= 11 is 0. The molecule has 0 aliphatic heterocycles. The van der Waals surface area contributed by atoms with Crippen LogP contribution in [0.25, 0.3) is 6.08 Å². The van der Waals surface area contributed by atoms with Gasteiger partial charge in [0.1, 0.15) is 0 Å². The largest absolute Gasteiger partial charge is 0.493 e. The number of benzene rings is 3. The molecule has 0 heterocycles. The number of nitro groups is 1. The number of methoxy groups -OCH3 is 3. The number of aryl methyl sites for hydroxylation is 1. The van der Waals surface area contributed by atoms with Gasteiger partial charge in [0.15, 0.2) is 17.3 Å². The predicted octanol–water partition coefficient (Wildman–Crippen LogP) is 4.63. The molecule has 0 atom stereocenters. The molecule has 0 spiro atoms. The van der Waals surface area contributed by atoms with E-state index in [2.05, 4.69) is 4.72 Å². The second-order valence-electron chi connectivity index (χ2n) is 7.55. The normalized spacial score (nSPS) is 11.2. The van der Waals surface area contributed by atoms with E-state index in [1.807, 2.05) is 0 Å². The Morgan fingerprint density at radius 1 is 0.944 bits per heavy atom. The van der Waals surface area contributed by atoms with Crippen molar-refractivity contribution in [2.24, 2.45) is 0 Å². The van der Waals surface area contributed by atoms with Crippen molar-refractivity contribution in [2.45, 2.75) is 11.8 Å². The molecular weight excluding hydrogens is 488 g/mol. The van der Waals surface area contributed by atoms with E-state index in [4.69, 9.17) is 14.2 Å². The Morgan fingerprint density at radius 3 is 2.08 bits per heavy atom. The van der Waals surface area contributed by atoms with Gasteiger partial charge in [0.2, 0.25) is 5.75 Å². The van der Waals surface area contributed by atoms with E-state index >= 15 is 0 Å². The van der Waals surface area contributed by atoms with Crippen LogP contribution >= 0.6 is 0 Å². The Labute approximate surface area is 208 Å². The maximum absolute atomic E-state index is 12.8. The number of hydrogen-bond donors (Lipinski definition) is 1. The lowest BCUT2D eigenvalue weighted by Crippen LogP contribution is -2.14. The fourth-order valence-electron chi connectivity index (χ4n) is 3.37. The third kappa shape index (κ3) is 5.81. The van der Waals surface area contributed by atoms with E-state index in [0.29, 0.717) is 33.9 Å². The maximum Gasteiger partial charge on any atom is 0.270 e. The smallest absolute Gasteiger partial charge is 0.270 e. The minimum atomic E-state index is -4.09. The molecule has 0 saturated heterocycles. The van der Waals surface area contributed by atoms with Crippen LogP contribution in [0.3, 0.4) is 0 Å². The summed E-state index contributed by atoms with van der Waals surface area (Å²) in [7, 11) is 0.393. The van der Waals surface area contributed by atoms with Gasteiger partial charge in [-0.05, 0) is 60.5 Å². The second-order valence-corrected chi connectivity index (χ2v) is 9.20. The van der Waals surface area contributed by atoms with E-state index in [0.717, 1.165) is 6.07 Å². The molecule has 0 saturated carbocycles. The van der Waals surface area contributed by atoms with Crippen molar-refractivity contribution in [3.8, 4) is 17.2 Å². The molecule has 1 N–H and O–H groups in total. The summed E-state index contributed by atoms with van der Waals surface area (Å²) in [5.41, 5.74) is 1.20. The quantitative estimate of drug-likeness (QED) is 0.180. The van der Waals surface area contributed by atoms with Crippen molar-refractivity contribution in [2.75, 3.05) is 26.1 Å². The molecule has 3 aromatic carbocycles. The first-order chi connectivity index (χ1) is 17.1. The number of hydrogen-bond acceptors (Lipinski definition) is 8. The molecule has 36 heavy (non-hydrogen) atoms. The molecule has 0 unspecified atom stereocenters. The van der Waals surface area contributed by atoms with Crippen LogP contribution in [0.5, 0.6) is 17.2 Å². The van der Waals surface area contributed by atoms with Gasteiger partial charge < -0.3 is 14.2 Å². The SMILES string of the molecule is COc1cc(/C=C/C(=O)c2ccc(NS(=O)(=O)c3cc([N+](=O)[O-])ccc3C)cc2)cc(OC)c1OC. The molecule has 0 aliphatic rings. The average Bonchev–Trinajstić information content (AvgIpc) is 2.86. The van der Waals surface area contributed by atoms with Crippen LogP contribution in [0.1, 0.15) is 21.5 Å². The standard InChI is InChI=1S/C25H24N2O8S/c1-16-5-11-20(27(29)30)15-24(16)36(31,32)26-19-9-7-18(8-10-19)21(28)12-6-17-13-22(33-2)25(35-4)23(14-17)34-3/h5-15,26H,1-4H3/b12-6+. The number of sulfonamides is 1. The van der Waals surface area contributed by atoms with Crippen LogP contribution in [0.2, 0.25) is 0 Å². The highest BCUT2D eigenvalue weighted by Gasteiger charge is 2.21. The number of non-ortho nitro benzene ring substituents is 1. The number of allylic oxidation sites excluding steroid dienone is 1. The molecule has 3 rings (SSSR count). The molecule has 188 valence electrons. The van der Waals surface area contributed by atoms with Crippen LogP contribution in [0, 0.1) is 17.0 Å². The van der Waals surface area contributed by atoms with Gasteiger partial charge in [0.25, 0.3) is 15.7 Å². The predicted molar refractivity (Wildman–Crippen MR) is 135 cm³/mol. The summed E-state index contributed by atoms with van der Waals surface area (Å²) in [4.78, 5) is 22.8. The summed E-state index contributed by atoms with van der Waals surface area (Å²) in [5, 5.41) is 11.0. The number of ketones is 1. The third-order valence-electron chi connectivity index (χ3n) is 5.21. The van der Waals surface area contributed by atoms with Gasteiger partial charge in [-0.2, -0.15) is 0 Å². The fraction of sp³-hybridized carbons (Fsp3) is 0.160. The van der Waals surface area contributed by atoms with Gasteiger partial charge in [0.05, 0.1) is 31.1 Å². The number of carbonyl (C=O) groups is 1. The van der Waals surface area contributed by atoms with Crippen molar-refractivity contribution in [1.82, 2.24) is 0 Å². The zero-order chi connectivity index (χ0) is 26.5. The number of nitrogens with zero attached hydrogens (tertiary/aromatic N) is 1. The van der Waals surface area contributed by atoms with E-state index in [1.165, 1.54) is 63.8 Å². The lowest BCUT2D eigenvalue weighted by atomic mass is 10.1. The van der Waals surface area contributed by atoms with E-state index in [-0.39, 0.29) is 22.1 Å². The lowest BCUT2D eigenvalue weighted by Gasteiger charge is -2.12. The fourth-order valence-corrected chi connectivity index (χ4v) is 4.69. The second kappa shape index (κ2) is 10.9. The first-order valence-corrected chi connectivity index (χ1v) is 12.0. The molecule has 0 bridgehead atoms. The van der Waals surface area contributed by atoms with Crippen molar-refractivity contribution < 1.29 is 32.3 Å². The van der Waals surface area contributed by atoms with Crippen molar-refractivity contribution >= 4 is 33.3 Å². The Hall–Kier alpha value is -4.38. The van der Waals surface area contributed by atoms with Crippen molar-refractivity contribution in [3.05, 3.63) is 87.5 Å². The summed E-state index contributed by atoms with van der Waals surface area (Å²) < 4.78 is 43.9. The zero-order valence-electron chi connectivity index (χ0n) is 20.0. The minimum Gasteiger partial charge on any atom is -0.493 e. The van der Waals surface area contributed by atoms with Crippen LogP contribution in [0.4, 0.5) is 11.4 Å². The number of rotatable bonds is 10. The zero-order valence-corrected chi connectivity index (χ0v) is 20.8.